The number of aromatic nitrogens is 2. The second kappa shape index (κ2) is 13.1. The smallest absolute Gasteiger partial charge is 0.262 e. The van der Waals surface area contributed by atoms with E-state index >= 15 is 0 Å². The van der Waals surface area contributed by atoms with Crippen LogP contribution >= 0.6 is 0 Å². The Balaban J connectivity index is 0.781. The maximum absolute atomic E-state index is 13.0. The van der Waals surface area contributed by atoms with Crippen LogP contribution < -0.4 is 26.4 Å². The van der Waals surface area contributed by atoms with E-state index in [9.17, 15) is 29.1 Å². The molecule has 5 aliphatic rings. The molecule has 3 aliphatic carbocycles. The molecule has 260 valence electrons. The first-order chi connectivity index (χ1) is 24.1. The molecule has 2 aromatic carbocycles. The predicted octanol–water partition coefficient (Wildman–Crippen LogP) is 3.17. The van der Waals surface area contributed by atoms with Crippen molar-refractivity contribution in [3.05, 3.63) is 59.7 Å². The van der Waals surface area contributed by atoms with E-state index in [-0.39, 0.29) is 52.3 Å². The fourth-order valence-corrected chi connectivity index (χ4v) is 7.75. The summed E-state index contributed by atoms with van der Waals surface area (Å²) in [6.45, 7) is 1.73. The van der Waals surface area contributed by atoms with Gasteiger partial charge in [0.25, 0.3) is 11.8 Å². The number of rotatable bonds is 14. The fraction of sp³-hybridized carbons (Fsp3) is 0.417. The van der Waals surface area contributed by atoms with Crippen LogP contribution in [0.4, 0.5) is 11.5 Å². The van der Waals surface area contributed by atoms with Crippen LogP contribution in [0, 0.1) is 10.8 Å². The second-order valence-electron chi connectivity index (χ2n) is 13.9. The van der Waals surface area contributed by atoms with Crippen molar-refractivity contribution in [2.45, 2.75) is 63.8 Å². The highest BCUT2D eigenvalue weighted by Crippen LogP contribution is 2.73. The Hall–Kier alpha value is -5.53. The number of nitrogens with one attached hydrogen (secondary N) is 3. The van der Waals surface area contributed by atoms with Gasteiger partial charge in [0.15, 0.2) is 11.6 Å². The molecule has 5 amide bonds. The molecule has 1 aromatic heterocycles. The number of hydrogen-bond donors (Lipinski definition) is 5. The number of fused-ring (bicyclic) bond motifs is 1. The molecule has 3 saturated carbocycles. The molecule has 4 fully saturated rings. The van der Waals surface area contributed by atoms with Crippen molar-refractivity contribution in [1.82, 2.24) is 25.7 Å². The number of piperidine rings is 1. The van der Waals surface area contributed by atoms with E-state index in [1.54, 1.807) is 48.5 Å². The number of anilines is 2. The van der Waals surface area contributed by atoms with Crippen molar-refractivity contribution in [3.63, 3.8) is 0 Å². The molecule has 3 heterocycles. The van der Waals surface area contributed by atoms with Crippen LogP contribution in [0.1, 0.15) is 78.5 Å². The number of imide groups is 2. The molecule has 1 saturated heterocycles. The Bertz CT molecular complexity index is 1880. The monoisotopic (exact) mass is 681 g/mol. The van der Waals surface area contributed by atoms with Gasteiger partial charge in [-0.15, -0.1) is 10.2 Å². The Kier molecular flexibility index (Phi) is 8.62. The Labute approximate surface area is 288 Å². The average molecular weight is 682 g/mol. The average Bonchev–Trinajstić information content (AvgIpc) is 3.30. The molecular weight excluding hydrogens is 642 g/mol. The highest BCUT2D eigenvalue weighted by molar-refractivity contribution is 6.23. The number of ether oxygens (including phenoxy) is 1. The van der Waals surface area contributed by atoms with Crippen LogP contribution in [0.25, 0.3) is 11.3 Å². The summed E-state index contributed by atoms with van der Waals surface area (Å²) in [6, 6.07) is 12.5. The Morgan fingerprint density at radius 3 is 2.44 bits per heavy atom. The number of phenolic OH excluding ortho intramolecular Hbond substituents is 1. The minimum atomic E-state index is -0.986. The number of nitrogens with two attached hydrogens (primary N) is 1. The lowest BCUT2D eigenvalue weighted by Gasteiger charge is -2.68. The van der Waals surface area contributed by atoms with Crippen molar-refractivity contribution in [2.24, 2.45) is 10.8 Å². The van der Waals surface area contributed by atoms with Gasteiger partial charge in [-0.05, 0) is 68.9 Å². The zero-order chi connectivity index (χ0) is 35.0. The quantitative estimate of drug-likeness (QED) is 0.123. The Morgan fingerprint density at radius 2 is 1.68 bits per heavy atom. The van der Waals surface area contributed by atoms with Gasteiger partial charge in [0.05, 0.1) is 23.1 Å². The number of carbonyl (C=O) groups is 5. The van der Waals surface area contributed by atoms with Crippen molar-refractivity contribution in [3.8, 4) is 22.8 Å². The number of hydrogen-bond acceptors (Lipinski definition) is 11. The number of nitrogen functional groups attached to an aromatic ring is 1. The van der Waals surface area contributed by atoms with E-state index in [1.807, 2.05) is 0 Å². The number of nitrogens with zero attached hydrogens (tertiary/aromatic N) is 3. The van der Waals surface area contributed by atoms with E-state index in [4.69, 9.17) is 10.5 Å². The van der Waals surface area contributed by atoms with Gasteiger partial charge >= 0.3 is 0 Å². The first-order valence-electron chi connectivity index (χ1n) is 17.0. The number of carbonyl (C=O) groups excluding carboxylic acids is 5. The molecule has 2 aliphatic heterocycles. The summed E-state index contributed by atoms with van der Waals surface area (Å²) in [6.07, 6.45) is 6.20. The number of unbranched alkanes of at least 4 members (excludes halogenated alkanes) is 3. The second-order valence-corrected chi connectivity index (χ2v) is 13.9. The topological polar surface area (TPSA) is 206 Å². The van der Waals surface area contributed by atoms with Gasteiger partial charge in [0, 0.05) is 42.2 Å². The van der Waals surface area contributed by atoms with E-state index in [1.165, 1.54) is 0 Å². The number of phenols is 1. The van der Waals surface area contributed by atoms with Gasteiger partial charge in [-0.1, -0.05) is 25.0 Å². The van der Waals surface area contributed by atoms with E-state index in [0.717, 1.165) is 49.8 Å². The third kappa shape index (κ3) is 6.09. The molecule has 14 heteroatoms. The molecule has 14 nitrogen and oxygen atoms in total. The van der Waals surface area contributed by atoms with Crippen LogP contribution in [-0.2, 0) is 14.4 Å². The van der Waals surface area contributed by atoms with E-state index in [2.05, 4.69) is 26.1 Å². The molecule has 1 atom stereocenters. The number of benzene rings is 2. The molecule has 6 N–H and O–H groups in total. The largest absolute Gasteiger partial charge is 0.507 e. The van der Waals surface area contributed by atoms with Crippen molar-refractivity contribution >= 4 is 41.0 Å². The lowest BCUT2D eigenvalue weighted by Crippen LogP contribution is -2.69. The summed E-state index contributed by atoms with van der Waals surface area (Å²) in [5, 5.41) is 26.8. The number of aromatic hydroxyl groups is 1. The first-order valence-corrected chi connectivity index (χ1v) is 17.0. The van der Waals surface area contributed by atoms with Crippen LogP contribution in [-0.4, -0.2) is 75.5 Å². The maximum atomic E-state index is 13.0. The highest BCUT2D eigenvalue weighted by Gasteiger charge is 2.71. The van der Waals surface area contributed by atoms with Gasteiger partial charge in [-0.2, -0.15) is 0 Å². The predicted molar refractivity (Wildman–Crippen MR) is 181 cm³/mol. The van der Waals surface area contributed by atoms with Gasteiger partial charge < -0.3 is 26.2 Å². The Morgan fingerprint density at radius 1 is 0.940 bits per heavy atom. The van der Waals surface area contributed by atoms with Gasteiger partial charge in [-0.3, -0.25) is 34.2 Å². The van der Waals surface area contributed by atoms with Crippen LogP contribution in [0.3, 0.4) is 0 Å². The SMILES string of the molecule is Nc1nnc(-c2ccccc2O)cc1OCC12CC(C(=O)NCCCCCCNc3ccc4c(c3)C(=O)N(C3CCC(=O)NC3=O)C4=O)(C1)C2. The van der Waals surface area contributed by atoms with E-state index < -0.39 is 29.7 Å². The molecule has 50 heavy (non-hydrogen) atoms. The lowest BCUT2D eigenvalue weighted by atomic mass is 9.35. The molecular formula is C36H39N7O7. The fourth-order valence-electron chi connectivity index (χ4n) is 7.75. The van der Waals surface area contributed by atoms with Crippen LogP contribution in [0.2, 0.25) is 0 Å². The summed E-state index contributed by atoms with van der Waals surface area (Å²) < 4.78 is 6.05. The molecule has 0 radical (unpaired) electrons. The summed E-state index contributed by atoms with van der Waals surface area (Å²) in [5.41, 5.74) is 7.88. The number of para-hydroxylation sites is 1. The summed E-state index contributed by atoms with van der Waals surface area (Å²) in [4.78, 5) is 63.6. The summed E-state index contributed by atoms with van der Waals surface area (Å²) in [5.74, 6) is -1.30. The maximum Gasteiger partial charge on any atom is 0.262 e. The van der Waals surface area contributed by atoms with Crippen LogP contribution in [0.5, 0.6) is 11.5 Å². The molecule has 2 bridgehead atoms. The van der Waals surface area contributed by atoms with Crippen molar-refractivity contribution in [2.75, 3.05) is 30.7 Å². The minimum absolute atomic E-state index is 0.0380. The molecule has 1 unspecified atom stereocenters. The van der Waals surface area contributed by atoms with Gasteiger partial charge in [0.2, 0.25) is 17.7 Å². The van der Waals surface area contributed by atoms with Crippen LogP contribution in [0.15, 0.2) is 48.5 Å². The summed E-state index contributed by atoms with van der Waals surface area (Å²) in [7, 11) is 0. The third-order valence-corrected chi connectivity index (χ3v) is 10.3. The first kappa shape index (κ1) is 33.0. The highest BCUT2D eigenvalue weighted by atomic mass is 16.5. The van der Waals surface area contributed by atoms with Gasteiger partial charge in [-0.25, -0.2) is 0 Å². The standard InChI is InChI=1S/C36H39N7O7/c37-30-28(16-25(41-42-30)23-7-3-4-8-27(23)44)50-20-35-17-36(18-35,19-35)34(49)39-14-6-2-1-5-13-38-21-9-10-22-24(15-21)33(48)43(32(22)47)26-11-12-29(45)40-31(26)46/h3-4,7-10,15-16,26,38,44H,1-2,5-6,11-14,17-20H2,(H2,37,42)(H,39,49)(H,40,45,46). The summed E-state index contributed by atoms with van der Waals surface area (Å²) >= 11 is 0. The number of amides is 5. The third-order valence-electron chi connectivity index (χ3n) is 10.3. The molecule has 8 rings (SSSR count). The normalized spacial score (nSPS) is 23.4. The van der Waals surface area contributed by atoms with Gasteiger partial charge in [0.1, 0.15) is 17.5 Å². The van der Waals surface area contributed by atoms with E-state index in [0.29, 0.717) is 42.4 Å². The van der Waals surface area contributed by atoms with Crippen molar-refractivity contribution < 1.29 is 33.8 Å². The zero-order valence-corrected chi connectivity index (χ0v) is 27.5. The lowest BCUT2D eigenvalue weighted by molar-refractivity contribution is -0.217. The van der Waals surface area contributed by atoms with Crippen molar-refractivity contribution in [1.29, 1.82) is 0 Å². The minimum Gasteiger partial charge on any atom is -0.507 e. The molecule has 0 spiro atoms. The molecule has 3 aromatic rings. The zero-order valence-electron chi connectivity index (χ0n) is 27.5.